The van der Waals surface area contributed by atoms with Crippen molar-refractivity contribution in [3.8, 4) is 0 Å². The van der Waals surface area contributed by atoms with Crippen LogP contribution in [0.15, 0.2) is 4.99 Å². The van der Waals surface area contributed by atoms with Crippen LogP contribution in [0, 0.1) is 5.41 Å². The van der Waals surface area contributed by atoms with Crippen molar-refractivity contribution in [1.82, 2.24) is 0 Å². The first kappa shape index (κ1) is 11.2. The van der Waals surface area contributed by atoms with Crippen molar-refractivity contribution in [2.24, 2.45) is 10.4 Å². The van der Waals surface area contributed by atoms with Gasteiger partial charge in [-0.1, -0.05) is 6.92 Å². The molecule has 0 spiro atoms. The summed E-state index contributed by atoms with van der Waals surface area (Å²) in [7, 11) is 1.44. The predicted molar refractivity (Wildman–Crippen MR) is 56.6 cm³/mol. The Hall–Kier alpha value is -0.860. The normalized spacial score (nSPS) is 26.1. The zero-order valence-corrected chi connectivity index (χ0v) is 9.08. The highest BCUT2D eigenvalue weighted by Crippen LogP contribution is 2.33. The van der Waals surface area contributed by atoms with Crippen LogP contribution in [0.4, 0.5) is 0 Å². The number of rotatable bonds is 4. The molecule has 0 radical (unpaired) electrons. The van der Waals surface area contributed by atoms with Crippen LogP contribution in [0.5, 0.6) is 0 Å². The van der Waals surface area contributed by atoms with Crippen LogP contribution in [0.3, 0.4) is 0 Å². The topological polar surface area (TPSA) is 38.7 Å². The summed E-state index contributed by atoms with van der Waals surface area (Å²) < 4.78 is 4.65. The molecule has 0 aromatic rings. The van der Waals surface area contributed by atoms with Gasteiger partial charge in [-0.15, -0.1) is 0 Å². The van der Waals surface area contributed by atoms with E-state index < -0.39 is 0 Å². The zero-order valence-electron chi connectivity index (χ0n) is 9.08. The number of esters is 1. The maximum Gasteiger partial charge on any atom is 0.305 e. The van der Waals surface area contributed by atoms with E-state index in [4.69, 9.17) is 0 Å². The molecule has 0 bridgehead atoms. The Balaban J connectivity index is 2.48. The van der Waals surface area contributed by atoms with E-state index in [2.05, 4.69) is 22.9 Å². The lowest BCUT2D eigenvalue weighted by Crippen LogP contribution is -2.26. The molecule has 0 N–H and O–H groups in total. The molecule has 3 nitrogen and oxygen atoms in total. The quantitative estimate of drug-likeness (QED) is 0.648. The van der Waals surface area contributed by atoms with Gasteiger partial charge in [0.25, 0.3) is 0 Å². The van der Waals surface area contributed by atoms with Gasteiger partial charge in [0.2, 0.25) is 0 Å². The van der Waals surface area contributed by atoms with Crippen molar-refractivity contribution in [2.75, 3.05) is 13.7 Å². The van der Waals surface area contributed by atoms with E-state index in [1.165, 1.54) is 7.11 Å². The molecule has 0 aliphatic carbocycles. The smallest absolute Gasteiger partial charge is 0.305 e. The van der Waals surface area contributed by atoms with Gasteiger partial charge in [0.1, 0.15) is 0 Å². The monoisotopic (exact) mass is 197 g/mol. The van der Waals surface area contributed by atoms with Crippen molar-refractivity contribution >= 4 is 12.2 Å². The molecule has 1 heterocycles. The number of carbonyl (C=O) groups is 1. The molecular weight excluding hydrogens is 178 g/mol. The molecule has 0 aromatic heterocycles. The Morgan fingerprint density at radius 1 is 1.64 bits per heavy atom. The molecule has 0 unspecified atom stereocenters. The molecule has 1 aliphatic rings. The molecule has 0 amide bonds. The van der Waals surface area contributed by atoms with E-state index in [0.29, 0.717) is 6.42 Å². The number of ether oxygens (including phenoxy) is 1. The minimum absolute atomic E-state index is 0.114. The van der Waals surface area contributed by atoms with Crippen molar-refractivity contribution in [3.63, 3.8) is 0 Å². The van der Waals surface area contributed by atoms with Gasteiger partial charge in [0.15, 0.2) is 0 Å². The van der Waals surface area contributed by atoms with Gasteiger partial charge in [-0.25, -0.2) is 0 Å². The predicted octanol–water partition coefficient (Wildman–Crippen LogP) is 2.20. The molecule has 0 aromatic carbocycles. The number of methoxy groups -OCH3 is 1. The maximum atomic E-state index is 11.0. The van der Waals surface area contributed by atoms with Crippen LogP contribution in [0.1, 0.15) is 39.0 Å². The van der Waals surface area contributed by atoms with Gasteiger partial charge in [-0.05, 0) is 25.7 Å². The van der Waals surface area contributed by atoms with Gasteiger partial charge >= 0.3 is 5.97 Å². The molecule has 0 saturated carbocycles. The van der Waals surface area contributed by atoms with E-state index in [-0.39, 0.29) is 11.4 Å². The Labute approximate surface area is 85.6 Å². The van der Waals surface area contributed by atoms with Crippen molar-refractivity contribution < 1.29 is 9.53 Å². The first-order chi connectivity index (χ1) is 6.72. The van der Waals surface area contributed by atoms with Crippen LogP contribution < -0.4 is 0 Å². The van der Waals surface area contributed by atoms with Gasteiger partial charge in [-0.2, -0.15) is 0 Å². The SMILES string of the molecule is CC[C@@]1(CCC(=O)OC)C=NCCC1. The Bertz CT molecular complexity index is 225. The Kier molecular flexibility index (Phi) is 4.11. The molecule has 3 heteroatoms. The summed E-state index contributed by atoms with van der Waals surface area (Å²) in [4.78, 5) is 15.4. The number of nitrogens with zero attached hydrogens (tertiary/aromatic N) is 1. The number of hydrogen-bond acceptors (Lipinski definition) is 3. The second-order valence-corrected chi connectivity index (χ2v) is 3.93. The number of hydrogen-bond donors (Lipinski definition) is 0. The van der Waals surface area contributed by atoms with Crippen LogP contribution in [0.2, 0.25) is 0 Å². The fourth-order valence-electron chi connectivity index (χ4n) is 1.93. The summed E-state index contributed by atoms with van der Waals surface area (Å²) in [6, 6.07) is 0. The fourth-order valence-corrected chi connectivity index (χ4v) is 1.93. The summed E-state index contributed by atoms with van der Waals surface area (Å²) in [5.74, 6) is -0.114. The van der Waals surface area contributed by atoms with E-state index in [0.717, 1.165) is 32.2 Å². The van der Waals surface area contributed by atoms with Crippen LogP contribution >= 0.6 is 0 Å². The number of carbonyl (C=O) groups excluding carboxylic acids is 1. The highest BCUT2D eigenvalue weighted by molar-refractivity contribution is 5.71. The first-order valence-corrected chi connectivity index (χ1v) is 5.30. The average molecular weight is 197 g/mol. The lowest BCUT2D eigenvalue weighted by atomic mass is 9.76. The summed E-state index contributed by atoms with van der Waals surface area (Å²) in [6.07, 6.45) is 6.80. The van der Waals surface area contributed by atoms with Gasteiger partial charge in [0.05, 0.1) is 7.11 Å². The second kappa shape index (κ2) is 5.13. The molecule has 80 valence electrons. The maximum absolute atomic E-state index is 11.0. The van der Waals surface area contributed by atoms with Gasteiger partial charge in [0, 0.05) is 24.6 Å². The highest BCUT2D eigenvalue weighted by atomic mass is 16.5. The molecular formula is C11H19NO2. The van der Waals surface area contributed by atoms with Crippen LogP contribution in [-0.4, -0.2) is 25.8 Å². The van der Waals surface area contributed by atoms with Gasteiger partial charge < -0.3 is 4.74 Å². The summed E-state index contributed by atoms with van der Waals surface area (Å²) in [5.41, 5.74) is 0.159. The Morgan fingerprint density at radius 2 is 2.43 bits per heavy atom. The molecule has 1 atom stereocenters. The van der Waals surface area contributed by atoms with Crippen molar-refractivity contribution in [1.29, 1.82) is 0 Å². The van der Waals surface area contributed by atoms with Crippen molar-refractivity contribution in [3.05, 3.63) is 0 Å². The molecule has 0 fully saturated rings. The lowest BCUT2D eigenvalue weighted by Gasteiger charge is -2.30. The lowest BCUT2D eigenvalue weighted by molar-refractivity contribution is -0.141. The summed E-state index contributed by atoms with van der Waals surface area (Å²) in [5, 5.41) is 0. The first-order valence-electron chi connectivity index (χ1n) is 5.30. The van der Waals surface area contributed by atoms with E-state index >= 15 is 0 Å². The van der Waals surface area contributed by atoms with Crippen molar-refractivity contribution in [2.45, 2.75) is 39.0 Å². The summed E-state index contributed by atoms with van der Waals surface area (Å²) in [6.45, 7) is 3.11. The third-order valence-electron chi connectivity index (χ3n) is 3.09. The third kappa shape index (κ3) is 2.82. The minimum atomic E-state index is -0.114. The van der Waals surface area contributed by atoms with E-state index in [1.54, 1.807) is 0 Å². The third-order valence-corrected chi connectivity index (χ3v) is 3.09. The minimum Gasteiger partial charge on any atom is -0.469 e. The molecule has 1 rings (SSSR count). The van der Waals surface area contributed by atoms with Crippen LogP contribution in [-0.2, 0) is 9.53 Å². The largest absolute Gasteiger partial charge is 0.469 e. The second-order valence-electron chi connectivity index (χ2n) is 3.93. The highest BCUT2D eigenvalue weighted by Gasteiger charge is 2.28. The van der Waals surface area contributed by atoms with Gasteiger partial charge in [-0.3, -0.25) is 9.79 Å². The van der Waals surface area contributed by atoms with E-state index in [9.17, 15) is 4.79 Å². The molecule has 14 heavy (non-hydrogen) atoms. The standard InChI is InChI=1S/C11H19NO2/c1-3-11(6-4-8-12-9-11)7-5-10(13)14-2/h9H,3-8H2,1-2H3/t11-/m1/s1. The molecule has 1 aliphatic heterocycles. The van der Waals surface area contributed by atoms with Crippen LogP contribution in [0.25, 0.3) is 0 Å². The number of aliphatic imine (C=N–C) groups is 1. The van der Waals surface area contributed by atoms with E-state index in [1.807, 2.05) is 0 Å². The zero-order chi connectivity index (χ0) is 10.4. The summed E-state index contributed by atoms with van der Waals surface area (Å²) >= 11 is 0. The fraction of sp³-hybridized carbons (Fsp3) is 0.818. The molecule has 0 saturated heterocycles. The average Bonchev–Trinajstić information content (AvgIpc) is 2.27. The Morgan fingerprint density at radius 3 is 2.93 bits per heavy atom.